The summed E-state index contributed by atoms with van der Waals surface area (Å²) < 4.78 is 0. The molecule has 0 N–H and O–H groups in total. The van der Waals surface area contributed by atoms with Crippen molar-refractivity contribution in [1.29, 1.82) is 0 Å². The molecule has 0 bridgehead atoms. The van der Waals surface area contributed by atoms with E-state index in [0.29, 0.717) is 11.3 Å². The van der Waals surface area contributed by atoms with Gasteiger partial charge in [0.2, 0.25) is 0 Å². The minimum atomic E-state index is 0.542. The minimum Gasteiger partial charge on any atom is -0.0953 e. The van der Waals surface area contributed by atoms with Crippen molar-refractivity contribution in [2.24, 2.45) is 40.9 Å². The minimum absolute atomic E-state index is 0.542. The Hall–Kier alpha value is -0.780. The standard InChI is InChI=1S/C29H48/c1-20(2)21(3)13-14-23(5)27-17-18-28-26(12-9-19-29(27,28)7)16-15-25-11-8-10-22(4)24(25)6/h15-16,20-23,27-28H,6,8-14,17-19H2,1-5,7H3/b25-15-,26-16+. The van der Waals surface area contributed by atoms with Crippen molar-refractivity contribution in [3.8, 4) is 0 Å². The van der Waals surface area contributed by atoms with Crippen LogP contribution in [0.4, 0.5) is 0 Å². The first-order chi connectivity index (χ1) is 13.7. The molecule has 0 aromatic heterocycles. The molecule has 3 fully saturated rings. The van der Waals surface area contributed by atoms with Crippen LogP contribution in [0.1, 0.15) is 106 Å². The zero-order chi connectivity index (χ0) is 21.2. The fourth-order valence-corrected chi connectivity index (χ4v) is 6.92. The van der Waals surface area contributed by atoms with Crippen molar-refractivity contribution in [1.82, 2.24) is 0 Å². The molecule has 0 heteroatoms. The molecular formula is C29H48. The van der Waals surface area contributed by atoms with Gasteiger partial charge in [0, 0.05) is 0 Å². The number of fused-ring (bicyclic) bond motifs is 1. The number of allylic oxidation sites excluding steroid dienone is 5. The Morgan fingerprint density at radius 3 is 2.48 bits per heavy atom. The summed E-state index contributed by atoms with van der Waals surface area (Å²) in [7, 11) is 0. The number of hydrogen-bond acceptors (Lipinski definition) is 0. The molecule has 0 aromatic carbocycles. The van der Waals surface area contributed by atoms with Crippen molar-refractivity contribution < 1.29 is 0 Å². The molecule has 0 radical (unpaired) electrons. The van der Waals surface area contributed by atoms with Gasteiger partial charge in [0.1, 0.15) is 0 Å². The molecule has 164 valence electrons. The van der Waals surface area contributed by atoms with Crippen molar-refractivity contribution in [3.05, 3.63) is 35.5 Å². The Morgan fingerprint density at radius 1 is 1.00 bits per heavy atom. The van der Waals surface area contributed by atoms with Gasteiger partial charge in [-0.15, -0.1) is 0 Å². The lowest BCUT2D eigenvalue weighted by Crippen LogP contribution is -2.36. The van der Waals surface area contributed by atoms with Crippen LogP contribution in [0, 0.1) is 40.9 Å². The zero-order valence-corrected chi connectivity index (χ0v) is 20.4. The van der Waals surface area contributed by atoms with Gasteiger partial charge in [-0.05, 0) is 103 Å². The number of rotatable bonds is 6. The van der Waals surface area contributed by atoms with Gasteiger partial charge >= 0.3 is 0 Å². The molecule has 0 amide bonds. The highest BCUT2D eigenvalue weighted by molar-refractivity contribution is 5.36. The Labute approximate surface area is 182 Å². The van der Waals surface area contributed by atoms with Crippen LogP contribution in [-0.2, 0) is 0 Å². The monoisotopic (exact) mass is 396 g/mol. The largest absolute Gasteiger partial charge is 0.0953 e. The van der Waals surface area contributed by atoms with Crippen molar-refractivity contribution >= 4 is 0 Å². The van der Waals surface area contributed by atoms with Crippen LogP contribution in [0.5, 0.6) is 0 Å². The lowest BCUT2D eigenvalue weighted by atomic mass is 9.60. The molecule has 0 aromatic rings. The summed E-state index contributed by atoms with van der Waals surface area (Å²) in [6, 6.07) is 0. The first-order valence-corrected chi connectivity index (χ1v) is 12.8. The molecule has 6 unspecified atom stereocenters. The van der Waals surface area contributed by atoms with Crippen LogP contribution in [0.25, 0.3) is 0 Å². The quantitative estimate of drug-likeness (QED) is 0.420. The summed E-state index contributed by atoms with van der Waals surface area (Å²) >= 11 is 0. The van der Waals surface area contributed by atoms with E-state index in [-0.39, 0.29) is 0 Å². The molecule has 0 saturated heterocycles. The molecule has 0 spiro atoms. The van der Waals surface area contributed by atoms with E-state index in [1.165, 1.54) is 75.4 Å². The van der Waals surface area contributed by atoms with Gasteiger partial charge in [0.15, 0.2) is 0 Å². The Kier molecular flexibility index (Phi) is 7.56. The van der Waals surface area contributed by atoms with Crippen molar-refractivity contribution in [3.63, 3.8) is 0 Å². The van der Waals surface area contributed by atoms with Crippen LogP contribution in [0.15, 0.2) is 35.5 Å². The smallest absolute Gasteiger partial charge is 0.0143 e. The van der Waals surface area contributed by atoms with Gasteiger partial charge in [-0.2, -0.15) is 0 Å². The van der Waals surface area contributed by atoms with Gasteiger partial charge in [-0.3, -0.25) is 0 Å². The molecule has 3 aliphatic carbocycles. The van der Waals surface area contributed by atoms with Crippen molar-refractivity contribution in [2.75, 3.05) is 0 Å². The molecule has 29 heavy (non-hydrogen) atoms. The average molecular weight is 397 g/mol. The summed E-state index contributed by atoms with van der Waals surface area (Å²) in [6.45, 7) is 19.2. The SMILES string of the molecule is C=C1/C(=C\C=C2/CCCC3(C)C2CCC3C(C)CCC(C)C(C)C)CCCC1C. The summed E-state index contributed by atoms with van der Waals surface area (Å²) in [5, 5.41) is 0. The maximum atomic E-state index is 4.41. The molecule has 0 nitrogen and oxygen atoms in total. The lowest BCUT2D eigenvalue weighted by molar-refractivity contribution is 0.0907. The molecule has 0 aliphatic heterocycles. The molecular weight excluding hydrogens is 348 g/mol. The lowest BCUT2D eigenvalue weighted by Gasteiger charge is -2.44. The van der Waals surface area contributed by atoms with E-state index in [1.807, 2.05) is 0 Å². The van der Waals surface area contributed by atoms with Crippen molar-refractivity contribution in [2.45, 2.75) is 106 Å². The zero-order valence-electron chi connectivity index (χ0n) is 20.4. The van der Waals surface area contributed by atoms with E-state index in [9.17, 15) is 0 Å². The summed E-state index contributed by atoms with van der Waals surface area (Å²) in [5.74, 6) is 4.99. The highest BCUT2D eigenvalue weighted by atomic mass is 14.5. The normalized spacial score (nSPS) is 37.9. The van der Waals surface area contributed by atoms with Crippen LogP contribution < -0.4 is 0 Å². The second-order valence-electron chi connectivity index (χ2n) is 11.6. The molecule has 0 heterocycles. The van der Waals surface area contributed by atoms with Gasteiger partial charge in [-0.1, -0.05) is 78.7 Å². The van der Waals surface area contributed by atoms with Gasteiger partial charge in [0.25, 0.3) is 0 Å². The second kappa shape index (κ2) is 9.57. The maximum absolute atomic E-state index is 4.41. The predicted molar refractivity (Wildman–Crippen MR) is 129 cm³/mol. The Bertz CT molecular complexity index is 632. The van der Waals surface area contributed by atoms with Crippen LogP contribution in [0.3, 0.4) is 0 Å². The third-order valence-electron chi connectivity index (χ3n) is 9.53. The van der Waals surface area contributed by atoms with E-state index < -0.39 is 0 Å². The summed E-state index contributed by atoms with van der Waals surface area (Å²) in [5.41, 5.74) is 5.25. The summed E-state index contributed by atoms with van der Waals surface area (Å²) in [6.07, 6.45) is 18.8. The average Bonchev–Trinajstić information content (AvgIpc) is 3.04. The first-order valence-electron chi connectivity index (χ1n) is 12.8. The van der Waals surface area contributed by atoms with E-state index >= 15 is 0 Å². The topological polar surface area (TPSA) is 0 Å². The summed E-state index contributed by atoms with van der Waals surface area (Å²) in [4.78, 5) is 0. The third-order valence-corrected chi connectivity index (χ3v) is 9.53. The number of hydrogen-bond donors (Lipinski definition) is 0. The first kappa shape index (κ1) is 22.9. The molecule has 6 atom stereocenters. The fourth-order valence-electron chi connectivity index (χ4n) is 6.92. The fraction of sp³-hybridized carbons (Fsp3) is 0.793. The predicted octanol–water partition coefficient (Wildman–Crippen LogP) is 9.14. The molecule has 3 aliphatic rings. The van der Waals surface area contributed by atoms with E-state index in [0.717, 1.165) is 29.6 Å². The van der Waals surface area contributed by atoms with Crippen LogP contribution in [-0.4, -0.2) is 0 Å². The van der Waals surface area contributed by atoms with E-state index in [2.05, 4.69) is 60.3 Å². The van der Waals surface area contributed by atoms with Gasteiger partial charge < -0.3 is 0 Å². The van der Waals surface area contributed by atoms with Gasteiger partial charge in [0.05, 0.1) is 0 Å². The van der Waals surface area contributed by atoms with Crippen LogP contribution in [0.2, 0.25) is 0 Å². The highest BCUT2D eigenvalue weighted by Gasteiger charge is 2.50. The second-order valence-corrected chi connectivity index (χ2v) is 11.6. The maximum Gasteiger partial charge on any atom is -0.0143 e. The van der Waals surface area contributed by atoms with E-state index in [1.54, 1.807) is 5.57 Å². The Balaban J connectivity index is 1.70. The highest BCUT2D eigenvalue weighted by Crippen LogP contribution is 2.60. The van der Waals surface area contributed by atoms with Crippen LogP contribution >= 0.6 is 0 Å². The molecule has 3 rings (SSSR count). The third kappa shape index (κ3) is 4.94. The molecule has 3 saturated carbocycles. The van der Waals surface area contributed by atoms with Gasteiger partial charge in [-0.25, -0.2) is 0 Å². The Morgan fingerprint density at radius 2 is 1.76 bits per heavy atom. The van der Waals surface area contributed by atoms with E-state index in [4.69, 9.17) is 0 Å².